The minimum atomic E-state index is 0. The fraction of sp³-hybridized carbons (Fsp3) is 1.00. The summed E-state index contributed by atoms with van der Waals surface area (Å²) in [6.45, 7) is 2.34. The predicted octanol–water partition coefficient (Wildman–Crippen LogP) is 2.25. The molecule has 1 fully saturated rings. The summed E-state index contributed by atoms with van der Waals surface area (Å²) in [7, 11) is 1.21. The minimum Gasteiger partial charge on any atom is -0.122 e. The van der Waals surface area contributed by atoms with Crippen LogP contribution in [0.25, 0.3) is 0 Å². The van der Waals surface area contributed by atoms with Crippen molar-refractivity contribution in [2.45, 2.75) is 37.8 Å². The molecule has 0 heterocycles. The van der Waals surface area contributed by atoms with E-state index in [9.17, 15) is 0 Å². The van der Waals surface area contributed by atoms with Crippen LogP contribution in [0.1, 0.15) is 32.1 Å². The molecular weight excluding hydrogens is 126 g/mol. The quantitative estimate of drug-likeness (QED) is 0.388. The van der Waals surface area contributed by atoms with Crippen LogP contribution in [-0.4, -0.2) is 20.7 Å². The summed E-state index contributed by atoms with van der Waals surface area (Å²) in [5, 5.41) is 0. The number of hydrogen-bond donors (Lipinski definition) is 0. The van der Waals surface area contributed by atoms with Gasteiger partial charge in [0.2, 0.25) is 0 Å². The van der Waals surface area contributed by atoms with E-state index in [0.29, 0.717) is 0 Å². The van der Waals surface area contributed by atoms with Crippen molar-refractivity contribution in [2.75, 3.05) is 6.66 Å². The highest BCUT2D eigenvalue weighted by Gasteiger charge is 2.09. The summed E-state index contributed by atoms with van der Waals surface area (Å²) >= 11 is 0. The zero-order valence-corrected chi connectivity index (χ0v) is 7.19. The van der Waals surface area contributed by atoms with Crippen LogP contribution in [0.4, 0.5) is 0 Å². The molecule has 0 nitrogen and oxygen atoms in total. The lowest BCUT2D eigenvalue weighted by Crippen LogP contribution is -2.05. The SMILES string of the molecule is CPC1CCCCC1.[B]. The van der Waals surface area contributed by atoms with Crippen molar-refractivity contribution in [2.24, 2.45) is 0 Å². The number of hydrogen-bond acceptors (Lipinski definition) is 0. The summed E-state index contributed by atoms with van der Waals surface area (Å²) in [4.78, 5) is 0. The molecule has 1 unspecified atom stereocenters. The van der Waals surface area contributed by atoms with E-state index in [1.54, 1.807) is 0 Å². The molecule has 0 aromatic carbocycles. The molecule has 1 aliphatic rings. The Labute approximate surface area is 62.2 Å². The van der Waals surface area contributed by atoms with E-state index in [4.69, 9.17) is 0 Å². The van der Waals surface area contributed by atoms with Crippen molar-refractivity contribution < 1.29 is 0 Å². The Morgan fingerprint density at radius 3 is 2.00 bits per heavy atom. The molecule has 0 spiro atoms. The maximum absolute atomic E-state index is 2.34. The molecule has 1 atom stereocenters. The van der Waals surface area contributed by atoms with Gasteiger partial charge in [-0.1, -0.05) is 19.3 Å². The zero-order chi connectivity index (χ0) is 5.82. The molecule has 0 aliphatic heterocycles. The third-order valence-electron chi connectivity index (χ3n) is 2.01. The van der Waals surface area contributed by atoms with Crippen LogP contribution < -0.4 is 0 Å². The number of rotatable bonds is 1. The highest BCUT2D eigenvalue weighted by Crippen LogP contribution is 2.29. The Morgan fingerprint density at radius 1 is 1.11 bits per heavy atom. The average molecular weight is 141 g/mol. The molecule has 1 aliphatic carbocycles. The summed E-state index contributed by atoms with van der Waals surface area (Å²) in [6.07, 6.45) is 7.56. The zero-order valence-electron chi connectivity index (χ0n) is 6.19. The van der Waals surface area contributed by atoms with Crippen molar-refractivity contribution in [3.63, 3.8) is 0 Å². The Hall–Kier alpha value is 0.495. The Balaban J connectivity index is 0.000000640. The summed E-state index contributed by atoms with van der Waals surface area (Å²) in [5.74, 6) is 0. The van der Waals surface area contributed by atoms with Crippen LogP contribution in [0, 0.1) is 0 Å². The molecule has 1 saturated carbocycles. The minimum absolute atomic E-state index is 0. The second-order valence-corrected chi connectivity index (χ2v) is 4.02. The fourth-order valence-electron chi connectivity index (χ4n) is 1.39. The van der Waals surface area contributed by atoms with Gasteiger partial charge in [0.25, 0.3) is 0 Å². The van der Waals surface area contributed by atoms with Crippen LogP contribution >= 0.6 is 8.58 Å². The van der Waals surface area contributed by atoms with Crippen LogP contribution in [0.2, 0.25) is 0 Å². The van der Waals surface area contributed by atoms with E-state index in [-0.39, 0.29) is 8.41 Å². The van der Waals surface area contributed by atoms with Crippen LogP contribution in [-0.2, 0) is 0 Å². The van der Waals surface area contributed by atoms with Gasteiger partial charge in [-0.05, 0) is 25.2 Å². The van der Waals surface area contributed by atoms with Crippen molar-refractivity contribution in [1.82, 2.24) is 0 Å². The highest BCUT2D eigenvalue weighted by atomic mass is 31.1. The molecule has 1 rings (SSSR count). The van der Waals surface area contributed by atoms with Gasteiger partial charge in [-0.2, -0.15) is 0 Å². The molecule has 0 N–H and O–H groups in total. The largest absolute Gasteiger partial charge is 0.122 e. The van der Waals surface area contributed by atoms with E-state index in [1.165, 1.54) is 40.7 Å². The van der Waals surface area contributed by atoms with Crippen molar-refractivity contribution >= 4 is 17.0 Å². The van der Waals surface area contributed by atoms with E-state index >= 15 is 0 Å². The lowest BCUT2D eigenvalue weighted by Gasteiger charge is -2.18. The van der Waals surface area contributed by atoms with Gasteiger partial charge >= 0.3 is 0 Å². The van der Waals surface area contributed by atoms with Gasteiger partial charge in [0.15, 0.2) is 0 Å². The first kappa shape index (κ1) is 9.49. The Kier molecular flexibility index (Phi) is 5.58. The molecule has 0 saturated heterocycles. The fourth-order valence-corrected chi connectivity index (χ4v) is 2.38. The normalized spacial score (nSPS) is 22.3. The van der Waals surface area contributed by atoms with E-state index in [1.807, 2.05) is 0 Å². The first-order valence-corrected chi connectivity index (χ1v) is 5.18. The molecule has 0 aromatic rings. The molecule has 3 radical (unpaired) electrons. The first-order valence-electron chi connectivity index (χ1n) is 3.61. The third-order valence-corrected chi connectivity index (χ3v) is 3.41. The smallest absolute Gasteiger partial charge is 0 e. The second-order valence-electron chi connectivity index (χ2n) is 2.62. The van der Waals surface area contributed by atoms with Gasteiger partial charge < -0.3 is 0 Å². The van der Waals surface area contributed by atoms with Gasteiger partial charge in [0.05, 0.1) is 0 Å². The second kappa shape index (κ2) is 5.29. The molecule has 9 heavy (non-hydrogen) atoms. The van der Waals surface area contributed by atoms with Crippen LogP contribution in [0.3, 0.4) is 0 Å². The van der Waals surface area contributed by atoms with E-state index < -0.39 is 0 Å². The highest BCUT2D eigenvalue weighted by molar-refractivity contribution is 7.37. The topological polar surface area (TPSA) is 0 Å². The van der Waals surface area contributed by atoms with Crippen molar-refractivity contribution in [1.29, 1.82) is 0 Å². The van der Waals surface area contributed by atoms with Crippen LogP contribution in [0.15, 0.2) is 0 Å². The molecule has 0 amide bonds. The summed E-state index contributed by atoms with van der Waals surface area (Å²) < 4.78 is 0. The predicted molar refractivity (Wildman–Crippen MR) is 46.9 cm³/mol. The standard InChI is InChI=1S/C7H15P.B/c1-8-7-5-3-2-4-6-7;/h7-8H,2-6H2,1H3;. The average Bonchev–Trinajstić information content (AvgIpc) is 1.90. The molecule has 0 bridgehead atoms. The third kappa shape index (κ3) is 3.25. The van der Waals surface area contributed by atoms with Crippen molar-refractivity contribution in [3.05, 3.63) is 0 Å². The molecule has 2 heteroatoms. The maximum atomic E-state index is 2.34. The lowest BCUT2D eigenvalue weighted by atomic mass is 10.0. The van der Waals surface area contributed by atoms with Gasteiger partial charge in [-0.3, -0.25) is 0 Å². The van der Waals surface area contributed by atoms with Crippen molar-refractivity contribution in [3.8, 4) is 0 Å². The summed E-state index contributed by atoms with van der Waals surface area (Å²) in [5.41, 5.74) is 1.11. The first-order chi connectivity index (χ1) is 3.93. The van der Waals surface area contributed by atoms with Gasteiger partial charge in [-0.25, -0.2) is 0 Å². The summed E-state index contributed by atoms with van der Waals surface area (Å²) in [6, 6.07) is 0. The molecule has 51 valence electrons. The Bertz CT molecular complexity index is 59.9. The van der Waals surface area contributed by atoms with E-state index in [2.05, 4.69) is 6.66 Å². The van der Waals surface area contributed by atoms with Crippen LogP contribution in [0.5, 0.6) is 0 Å². The molecular formula is C7H15BP. The van der Waals surface area contributed by atoms with Gasteiger partial charge in [0, 0.05) is 8.41 Å². The maximum Gasteiger partial charge on any atom is 0 e. The van der Waals surface area contributed by atoms with Gasteiger partial charge in [0.1, 0.15) is 0 Å². The Morgan fingerprint density at radius 2 is 1.67 bits per heavy atom. The molecule has 0 aromatic heterocycles. The van der Waals surface area contributed by atoms with Gasteiger partial charge in [-0.15, -0.1) is 8.58 Å². The lowest BCUT2D eigenvalue weighted by molar-refractivity contribution is 0.514. The van der Waals surface area contributed by atoms with E-state index in [0.717, 1.165) is 5.66 Å². The monoisotopic (exact) mass is 141 g/mol.